The SMILES string of the molecule is O=C(C1CCC(C(F)(F)F)CC1)N(CCCl)C1CCCC1. The molecule has 2 fully saturated rings. The van der Waals surface area contributed by atoms with Crippen LogP contribution in [-0.4, -0.2) is 35.4 Å². The minimum absolute atomic E-state index is 0.0307. The fraction of sp³-hybridized carbons (Fsp3) is 0.933. The van der Waals surface area contributed by atoms with E-state index in [1.54, 1.807) is 0 Å². The van der Waals surface area contributed by atoms with Crippen LogP contribution in [-0.2, 0) is 4.79 Å². The third-order valence-electron chi connectivity index (χ3n) is 4.91. The Hall–Kier alpha value is -0.450. The second-order valence-electron chi connectivity index (χ2n) is 6.25. The summed E-state index contributed by atoms with van der Waals surface area (Å²) in [6.07, 6.45) is 1.01. The minimum atomic E-state index is -4.12. The molecule has 0 aliphatic heterocycles. The predicted octanol–water partition coefficient (Wildman–Crippen LogP) is 4.37. The zero-order chi connectivity index (χ0) is 15.5. The molecule has 6 heteroatoms. The van der Waals surface area contributed by atoms with Gasteiger partial charge < -0.3 is 4.90 Å². The molecule has 0 heterocycles. The molecule has 2 rings (SSSR count). The lowest BCUT2D eigenvalue weighted by molar-refractivity contribution is -0.185. The van der Waals surface area contributed by atoms with Gasteiger partial charge in [-0.05, 0) is 38.5 Å². The Labute approximate surface area is 129 Å². The van der Waals surface area contributed by atoms with Crippen LogP contribution in [0.1, 0.15) is 51.4 Å². The van der Waals surface area contributed by atoms with Crippen LogP contribution in [0.25, 0.3) is 0 Å². The Kier molecular flexibility index (Phi) is 5.81. The molecule has 0 N–H and O–H groups in total. The van der Waals surface area contributed by atoms with Gasteiger partial charge in [-0.2, -0.15) is 13.2 Å². The number of carbonyl (C=O) groups excluding carboxylic acids is 1. The molecule has 0 unspecified atom stereocenters. The Balaban J connectivity index is 1.92. The van der Waals surface area contributed by atoms with E-state index in [0.29, 0.717) is 25.3 Å². The van der Waals surface area contributed by atoms with Gasteiger partial charge in [-0.1, -0.05) is 12.8 Å². The average Bonchev–Trinajstić information content (AvgIpc) is 2.97. The number of hydrogen-bond acceptors (Lipinski definition) is 1. The first-order valence-corrected chi connectivity index (χ1v) is 8.40. The summed E-state index contributed by atoms with van der Waals surface area (Å²) in [5.41, 5.74) is 0. The Morgan fingerprint density at radius 3 is 2.10 bits per heavy atom. The third kappa shape index (κ3) is 4.27. The van der Waals surface area contributed by atoms with Crippen LogP contribution < -0.4 is 0 Å². The predicted molar refractivity (Wildman–Crippen MR) is 76.2 cm³/mol. The van der Waals surface area contributed by atoms with Crippen LogP contribution in [0.2, 0.25) is 0 Å². The molecule has 2 nitrogen and oxygen atoms in total. The summed E-state index contributed by atoms with van der Waals surface area (Å²) >= 11 is 5.80. The maximum absolute atomic E-state index is 12.7. The van der Waals surface area contributed by atoms with Gasteiger partial charge in [0.15, 0.2) is 0 Å². The number of amides is 1. The Morgan fingerprint density at radius 1 is 1.05 bits per heavy atom. The van der Waals surface area contributed by atoms with Crippen LogP contribution in [0.3, 0.4) is 0 Å². The summed E-state index contributed by atoms with van der Waals surface area (Å²) < 4.78 is 38.0. The van der Waals surface area contributed by atoms with Crippen molar-refractivity contribution in [3.63, 3.8) is 0 Å². The van der Waals surface area contributed by atoms with Crippen molar-refractivity contribution >= 4 is 17.5 Å². The number of carbonyl (C=O) groups is 1. The molecule has 0 aromatic rings. The maximum Gasteiger partial charge on any atom is 0.391 e. The van der Waals surface area contributed by atoms with Gasteiger partial charge in [0.05, 0.1) is 5.92 Å². The van der Waals surface area contributed by atoms with Gasteiger partial charge in [0, 0.05) is 24.4 Å². The van der Waals surface area contributed by atoms with Gasteiger partial charge in [-0.3, -0.25) is 4.79 Å². The summed E-state index contributed by atoms with van der Waals surface area (Å²) in [5, 5.41) is 0. The summed E-state index contributed by atoms with van der Waals surface area (Å²) in [6.45, 7) is 0.518. The molecule has 0 atom stereocenters. The first kappa shape index (κ1) is 16.9. The topological polar surface area (TPSA) is 20.3 Å². The van der Waals surface area contributed by atoms with E-state index in [9.17, 15) is 18.0 Å². The number of halogens is 4. The lowest BCUT2D eigenvalue weighted by Gasteiger charge is -2.35. The highest BCUT2D eigenvalue weighted by atomic mass is 35.5. The smallest absolute Gasteiger partial charge is 0.338 e. The maximum atomic E-state index is 12.7. The van der Waals surface area contributed by atoms with Crippen LogP contribution in [0.5, 0.6) is 0 Å². The van der Waals surface area contributed by atoms with Gasteiger partial charge >= 0.3 is 6.18 Å². The van der Waals surface area contributed by atoms with E-state index in [4.69, 9.17) is 11.6 Å². The van der Waals surface area contributed by atoms with Gasteiger partial charge in [-0.15, -0.1) is 11.6 Å². The zero-order valence-corrected chi connectivity index (χ0v) is 12.9. The highest BCUT2D eigenvalue weighted by Crippen LogP contribution is 2.40. The van der Waals surface area contributed by atoms with Crippen molar-refractivity contribution in [1.82, 2.24) is 4.90 Å². The van der Waals surface area contributed by atoms with Crippen molar-refractivity contribution in [2.45, 2.75) is 63.6 Å². The normalized spacial score (nSPS) is 27.8. The fourth-order valence-electron chi connectivity index (χ4n) is 3.68. The van der Waals surface area contributed by atoms with Crippen molar-refractivity contribution in [2.75, 3.05) is 12.4 Å². The third-order valence-corrected chi connectivity index (χ3v) is 5.08. The molecule has 122 valence electrons. The highest BCUT2D eigenvalue weighted by molar-refractivity contribution is 6.18. The molecule has 0 bridgehead atoms. The van der Waals surface area contributed by atoms with Crippen molar-refractivity contribution in [3.05, 3.63) is 0 Å². The lowest BCUT2D eigenvalue weighted by atomic mass is 9.81. The zero-order valence-electron chi connectivity index (χ0n) is 12.2. The monoisotopic (exact) mass is 325 g/mol. The van der Waals surface area contributed by atoms with Crippen molar-refractivity contribution < 1.29 is 18.0 Å². The quantitative estimate of drug-likeness (QED) is 0.703. The molecule has 21 heavy (non-hydrogen) atoms. The summed E-state index contributed by atoms with van der Waals surface area (Å²) in [4.78, 5) is 14.5. The molecule has 0 aromatic heterocycles. The molecular weight excluding hydrogens is 303 g/mol. The summed E-state index contributed by atoms with van der Waals surface area (Å²) in [5.74, 6) is -1.05. The van der Waals surface area contributed by atoms with Crippen molar-refractivity contribution in [2.24, 2.45) is 11.8 Å². The molecule has 1 amide bonds. The summed E-state index contributed by atoms with van der Waals surface area (Å²) in [6, 6.07) is 0.247. The van der Waals surface area contributed by atoms with E-state index >= 15 is 0 Å². The molecular formula is C15H23ClF3NO. The molecule has 0 radical (unpaired) electrons. The molecule has 2 aliphatic rings. The first-order chi connectivity index (χ1) is 9.93. The van der Waals surface area contributed by atoms with E-state index in [-0.39, 0.29) is 30.7 Å². The molecule has 0 spiro atoms. The molecule has 0 aromatic carbocycles. The van der Waals surface area contributed by atoms with E-state index in [0.717, 1.165) is 25.7 Å². The van der Waals surface area contributed by atoms with Crippen molar-refractivity contribution in [1.29, 1.82) is 0 Å². The van der Waals surface area contributed by atoms with Crippen LogP contribution >= 0.6 is 11.6 Å². The molecule has 2 aliphatic carbocycles. The Bertz CT molecular complexity index is 347. The van der Waals surface area contributed by atoms with Crippen molar-refractivity contribution in [3.8, 4) is 0 Å². The average molecular weight is 326 g/mol. The number of hydrogen-bond donors (Lipinski definition) is 0. The number of rotatable bonds is 4. The van der Waals surface area contributed by atoms with E-state index in [1.165, 1.54) is 0 Å². The number of alkyl halides is 4. The summed E-state index contributed by atoms with van der Waals surface area (Å²) in [7, 11) is 0. The fourth-order valence-corrected chi connectivity index (χ4v) is 3.86. The molecule has 2 saturated carbocycles. The highest BCUT2D eigenvalue weighted by Gasteiger charge is 2.43. The standard InChI is InChI=1S/C15H23ClF3NO/c16-9-10-20(13-3-1-2-4-13)14(21)11-5-7-12(8-6-11)15(17,18)19/h11-13H,1-10H2. The van der Waals surface area contributed by atoms with Crippen LogP contribution in [0, 0.1) is 11.8 Å². The Morgan fingerprint density at radius 2 is 1.62 bits per heavy atom. The number of nitrogens with zero attached hydrogens (tertiary/aromatic N) is 1. The van der Waals surface area contributed by atoms with Gasteiger partial charge in [-0.25, -0.2) is 0 Å². The van der Waals surface area contributed by atoms with E-state index in [1.807, 2.05) is 4.90 Å². The van der Waals surface area contributed by atoms with Gasteiger partial charge in [0.1, 0.15) is 0 Å². The second-order valence-corrected chi connectivity index (χ2v) is 6.63. The molecule has 0 saturated heterocycles. The van der Waals surface area contributed by atoms with Gasteiger partial charge in [0.2, 0.25) is 5.91 Å². The van der Waals surface area contributed by atoms with Gasteiger partial charge in [0.25, 0.3) is 0 Å². The first-order valence-electron chi connectivity index (χ1n) is 7.86. The largest absolute Gasteiger partial charge is 0.391 e. The van der Waals surface area contributed by atoms with E-state index < -0.39 is 12.1 Å². The lowest BCUT2D eigenvalue weighted by Crippen LogP contribution is -2.45. The second kappa shape index (κ2) is 7.21. The van der Waals surface area contributed by atoms with Crippen LogP contribution in [0.4, 0.5) is 13.2 Å². The van der Waals surface area contributed by atoms with Crippen LogP contribution in [0.15, 0.2) is 0 Å². The minimum Gasteiger partial charge on any atom is -0.338 e. The van der Waals surface area contributed by atoms with E-state index in [2.05, 4.69) is 0 Å².